The Bertz CT molecular complexity index is 569. The summed E-state index contributed by atoms with van der Waals surface area (Å²) >= 11 is 8.57. The molecule has 0 radical (unpaired) electrons. The second-order valence-corrected chi connectivity index (χ2v) is 7.93. The van der Waals surface area contributed by atoms with Gasteiger partial charge in [0.2, 0.25) is 0 Å². The summed E-state index contributed by atoms with van der Waals surface area (Å²) in [5.74, 6) is 0.111. The lowest BCUT2D eigenvalue weighted by molar-refractivity contribution is -0.124. The highest BCUT2D eigenvalue weighted by Gasteiger charge is 2.37. The Labute approximate surface area is 133 Å². The van der Waals surface area contributed by atoms with Gasteiger partial charge in [-0.1, -0.05) is 43.2 Å². The standard InChI is InChI=1S/C15H17NOS3/c1-10-7-8-19-12(10)9-13-14(17)16(15(18)20-13)11-5-3-2-4-6-11/h7-9,11H,2-6H2,1H3. The topological polar surface area (TPSA) is 20.3 Å². The fraction of sp³-hybridized carbons (Fsp3) is 0.467. The fourth-order valence-electron chi connectivity index (χ4n) is 2.79. The van der Waals surface area contributed by atoms with E-state index in [9.17, 15) is 4.79 Å². The zero-order chi connectivity index (χ0) is 14.1. The molecule has 0 aromatic carbocycles. The molecule has 2 heterocycles. The van der Waals surface area contributed by atoms with Crippen LogP contribution in [0.15, 0.2) is 16.4 Å². The lowest BCUT2D eigenvalue weighted by Gasteiger charge is -2.29. The Morgan fingerprint density at radius 3 is 2.75 bits per heavy atom. The summed E-state index contributed by atoms with van der Waals surface area (Å²) in [6.07, 6.45) is 7.91. The lowest BCUT2D eigenvalue weighted by atomic mass is 9.94. The van der Waals surface area contributed by atoms with Crippen LogP contribution in [0.3, 0.4) is 0 Å². The summed E-state index contributed by atoms with van der Waals surface area (Å²) in [6.45, 7) is 2.07. The molecule has 1 aliphatic carbocycles. The van der Waals surface area contributed by atoms with Crippen molar-refractivity contribution in [3.05, 3.63) is 26.8 Å². The Morgan fingerprint density at radius 1 is 1.35 bits per heavy atom. The zero-order valence-corrected chi connectivity index (χ0v) is 13.9. The van der Waals surface area contributed by atoms with E-state index in [4.69, 9.17) is 12.2 Å². The van der Waals surface area contributed by atoms with Gasteiger partial charge in [0.25, 0.3) is 5.91 Å². The molecule has 0 spiro atoms. The molecule has 1 saturated heterocycles. The van der Waals surface area contributed by atoms with Gasteiger partial charge in [0, 0.05) is 10.9 Å². The molecule has 2 fully saturated rings. The molecule has 20 heavy (non-hydrogen) atoms. The molecule has 3 rings (SSSR count). The molecular weight excluding hydrogens is 306 g/mol. The van der Waals surface area contributed by atoms with Crippen LogP contribution in [0.4, 0.5) is 0 Å². The third-order valence-electron chi connectivity index (χ3n) is 3.93. The minimum atomic E-state index is 0.111. The van der Waals surface area contributed by atoms with Crippen LogP contribution < -0.4 is 0 Å². The highest BCUT2D eigenvalue weighted by Crippen LogP contribution is 2.38. The average molecular weight is 324 g/mol. The number of amides is 1. The van der Waals surface area contributed by atoms with Crippen molar-refractivity contribution in [1.29, 1.82) is 0 Å². The molecule has 1 amide bonds. The molecule has 2 aliphatic rings. The number of rotatable bonds is 2. The lowest BCUT2D eigenvalue weighted by Crippen LogP contribution is -2.39. The smallest absolute Gasteiger partial charge is 0.266 e. The normalized spacial score (nSPS) is 23.1. The van der Waals surface area contributed by atoms with Crippen molar-refractivity contribution < 1.29 is 4.79 Å². The number of thiophene rings is 1. The molecule has 1 aromatic heterocycles. The number of nitrogens with zero attached hydrogens (tertiary/aromatic N) is 1. The Kier molecular flexibility index (Phi) is 4.29. The Morgan fingerprint density at radius 2 is 2.10 bits per heavy atom. The second-order valence-electron chi connectivity index (χ2n) is 5.31. The van der Waals surface area contributed by atoms with E-state index in [-0.39, 0.29) is 5.91 Å². The van der Waals surface area contributed by atoms with Gasteiger partial charge in [-0.05, 0) is 42.9 Å². The molecule has 1 saturated carbocycles. The third-order valence-corrected chi connectivity index (χ3v) is 6.22. The van der Waals surface area contributed by atoms with Crippen molar-refractivity contribution in [2.45, 2.75) is 45.1 Å². The molecule has 1 aromatic rings. The van der Waals surface area contributed by atoms with Gasteiger partial charge in [0.15, 0.2) is 0 Å². The quantitative estimate of drug-likeness (QED) is 0.586. The van der Waals surface area contributed by atoms with Gasteiger partial charge in [0.05, 0.1) is 4.91 Å². The van der Waals surface area contributed by atoms with E-state index in [2.05, 4.69) is 18.4 Å². The summed E-state index contributed by atoms with van der Waals surface area (Å²) in [5.41, 5.74) is 1.22. The maximum atomic E-state index is 12.6. The van der Waals surface area contributed by atoms with Crippen molar-refractivity contribution in [2.24, 2.45) is 0 Å². The van der Waals surface area contributed by atoms with Gasteiger partial charge in [-0.25, -0.2) is 0 Å². The van der Waals surface area contributed by atoms with Gasteiger partial charge in [-0.3, -0.25) is 9.69 Å². The van der Waals surface area contributed by atoms with Crippen LogP contribution in [-0.4, -0.2) is 21.2 Å². The fourth-order valence-corrected chi connectivity index (χ4v) is 5.10. The molecule has 5 heteroatoms. The predicted molar refractivity (Wildman–Crippen MR) is 90.9 cm³/mol. The van der Waals surface area contributed by atoms with Crippen LogP contribution in [0.2, 0.25) is 0 Å². The molecule has 1 aliphatic heterocycles. The molecular formula is C15H17NOS3. The summed E-state index contributed by atoms with van der Waals surface area (Å²) in [4.78, 5) is 16.4. The summed E-state index contributed by atoms with van der Waals surface area (Å²) in [6, 6.07) is 2.41. The first kappa shape index (κ1) is 14.3. The van der Waals surface area contributed by atoms with Crippen LogP contribution in [0, 0.1) is 6.92 Å². The maximum absolute atomic E-state index is 12.6. The zero-order valence-electron chi connectivity index (χ0n) is 11.4. The summed E-state index contributed by atoms with van der Waals surface area (Å²) < 4.78 is 0.738. The van der Waals surface area contributed by atoms with E-state index < -0.39 is 0 Å². The molecule has 0 N–H and O–H groups in total. The Balaban J connectivity index is 1.83. The number of carbonyl (C=O) groups is 1. The van der Waals surface area contributed by atoms with Gasteiger partial charge < -0.3 is 0 Å². The number of thiocarbonyl (C=S) groups is 1. The minimum absolute atomic E-state index is 0.111. The van der Waals surface area contributed by atoms with Gasteiger partial charge in [0.1, 0.15) is 4.32 Å². The largest absolute Gasteiger partial charge is 0.290 e. The first-order chi connectivity index (χ1) is 9.66. The first-order valence-corrected chi connectivity index (χ1v) is 9.08. The van der Waals surface area contributed by atoms with Crippen molar-refractivity contribution in [3.8, 4) is 0 Å². The number of thioether (sulfide) groups is 1. The minimum Gasteiger partial charge on any atom is -0.290 e. The third kappa shape index (κ3) is 2.71. The number of carbonyl (C=O) groups excluding carboxylic acids is 1. The van der Waals surface area contributed by atoms with Crippen LogP contribution in [0.25, 0.3) is 6.08 Å². The van der Waals surface area contributed by atoms with E-state index in [0.717, 1.165) is 26.9 Å². The summed E-state index contributed by atoms with van der Waals surface area (Å²) in [7, 11) is 0. The molecule has 0 bridgehead atoms. The van der Waals surface area contributed by atoms with Crippen molar-refractivity contribution >= 4 is 51.6 Å². The molecule has 106 valence electrons. The van der Waals surface area contributed by atoms with E-state index in [1.54, 1.807) is 11.3 Å². The van der Waals surface area contributed by atoms with Crippen molar-refractivity contribution in [1.82, 2.24) is 4.90 Å². The highest BCUT2D eigenvalue weighted by molar-refractivity contribution is 8.26. The van der Waals surface area contributed by atoms with Gasteiger partial charge in [-0.2, -0.15) is 0 Å². The van der Waals surface area contributed by atoms with Crippen LogP contribution >= 0.6 is 35.3 Å². The van der Waals surface area contributed by atoms with E-state index in [1.165, 1.54) is 36.6 Å². The van der Waals surface area contributed by atoms with E-state index in [0.29, 0.717) is 6.04 Å². The first-order valence-electron chi connectivity index (χ1n) is 6.98. The van der Waals surface area contributed by atoms with E-state index >= 15 is 0 Å². The van der Waals surface area contributed by atoms with Crippen LogP contribution in [0.1, 0.15) is 42.5 Å². The summed E-state index contributed by atoms with van der Waals surface area (Å²) in [5, 5.41) is 2.06. The van der Waals surface area contributed by atoms with Crippen LogP contribution in [0.5, 0.6) is 0 Å². The van der Waals surface area contributed by atoms with Gasteiger partial charge in [-0.15, -0.1) is 11.3 Å². The van der Waals surface area contributed by atoms with E-state index in [1.807, 2.05) is 11.0 Å². The molecule has 0 atom stereocenters. The Hall–Kier alpha value is -0.650. The molecule has 2 nitrogen and oxygen atoms in total. The maximum Gasteiger partial charge on any atom is 0.266 e. The number of aryl methyl sites for hydroxylation is 1. The molecule has 0 unspecified atom stereocenters. The highest BCUT2D eigenvalue weighted by atomic mass is 32.2. The van der Waals surface area contributed by atoms with Crippen molar-refractivity contribution in [3.63, 3.8) is 0 Å². The number of hydrogen-bond donors (Lipinski definition) is 0. The second kappa shape index (κ2) is 6.00. The average Bonchev–Trinajstić information content (AvgIpc) is 2.96. The monoisotopic (exact) mass is 323 g/mol. The van der Waals surface area contributed by atoms with Gasteiger partial charge >= 0.3 is 0 Å². The predicted octanol–water partition coefficient (Wildman–Crippen LogP) is 4.59. The van der Waals surface area contributed by atoms with Crippen LogP contribution in [-0.2, 0) is 4.79 Å². The SMILES string of the molecule is Cc1ccsc1C=C1SC(=S)N(C2CCCCC2)C1=O. The number of hydrogen-bond acceptors (Lipinski definition) is 4. The van der Waals surface area contributed by atoms with Crippen molar-refractivity contribution in [2.75, 3.05) is 0 Å².